The van der Waals surface area contributed by atoms with E-state index in [1.165, 1.54) is 0 Å². The van der Waals surface area contributed by atoms with Crippen molar-refractivity contribution in [3.8, 4) is 0 Å². The highest BCUT2D eigenvalue weighted by atomic mass is 19.4. The van der Waals surface area contributed by atoms with Crippen LogP contribution in [0.1, 0.15) is 36.6 Å². The Balaban J connectivity index is 1.42. The van der Waals surface area contributed by atoms with Gasteiger partial charge in [-0.2, -0.15) is 23.3 Å². The second-order valence-electron chi connectivity index (χ2n) is 8.96. The number of anilines is 3. The van der Waals surface area contributed by atoms with Crippen molar-refractivity contribution in [3.63, 3.8) is 0 Å². The largest absolute Gasteiger partial charge is 0.421 e. The van der Waals surface area contributed by atoms with Crippen LogP contribution in [0, 0.1) is 6.92 Å². The average Bonchev–Trinajstić information content (AvgIpc) is 3.32. The van der Waals surface area contributed by atoms with Crippen LogP contribution >= 0.6 is 0 Å². The molecule has 2 N–H and O–H groups in total. The number of ether oxygens (including phenoxy) is 1. The van der Waals surface area contributed by atoms with Crippen LogP contribution in [-0.4, -0.2) is 88.4 Å². The van der Waals surface area contributed by atoms with E-state index in [0.29, 0.717) is 37.5 Å². The number of rotatable bonds is 8. The van der Waals surface area contributed by atoms with E-state index >= 15 is 0 Å². The summed E-state index contributed by atoms with van der Waals surface area (Å²) >= 11 is 0. The first-order valence-electron chi connectivity index (χ1n) is 11.8. The zero-order valence-electron chi connectivity index (χ0n) is 19.9. The molecular formula is C22H31F3N8O2. The molecule has 192 valence electrons. The molecule has 0 saturated carbocycles. The number of carbonyl (C=O) groups is 1. The van der Waals surface area contributed by atoms with Gasteiger partial charge in [-0.1, -0.05) is 0 Å². The molecule has 10 nitrogen and oxygen atoms in total. The molecule has 0 aliphatic carbocycles. The van der Waals surface area contributed by atoms with Crippen LogP contribution in [0.25, 0.3) is 0 Å². The lowest BCUT2D eigenvalue weighted by Crippen LogP contribution is -2.34. The number of hydrogen-bond donors (Lipinski definition) is 2. The van der Waals surface area contributed by atoms with Crippen molar-refractivity contribution in [2.75, 3.05) is 63.6 Å². The summed E-state index contributed by atoms with van der Waals surface area (Å²) in [7, 11) is 2.06. The Morgan fingerprint density at radius 2 is 2.11 bits per heavy atom. The first kappa shape index (κ1) is 25.2. The van der Waals surface area contributed by atoms with Gasteiger partial charge >= 0.3 is 6.18 Å². The highest BCUT2D eigenvalue weighted by Gasteiger charge is 2.35. The smallest absolute Gasteiger partial charge is 0.372 e. The maximum atomic E-state index is 13.6. The monoisotopic (exact) mass is 496 g/mol. The van der Waals surface area contributed by atoms with Gasteiger partial charge in [0.1, 0.15) is 18.0 Å². The van der Waals surface area contributed by atoms with Crippen LogP contribution in [0.2, 0.25) is 0 Å². The van der Waals surface area contributed by atoms with Crippen LogP contribution in [-0.2, 0) is 15.7 Å². The summed E-state index contributed by atoms with van der Waals surface area (Å²) < 4.78 is 47.7. The van der Waals surface area contributed by atoms with Gasteiger partial charge in [0, 0.05) is 45.2 Å². The maximum Gasteiger partial charge on any atom is 0.421 e. The van der Waals surface area contributed by atoms with E-state index in [9.17, 15) is 18.0 Å². The number of aromatic nitrogens is 4. The second kappa shape index (κ2) is 10.8. The van der Waals surface area contributed by atoms with Crippen molar-refractivity contribution in [2.24, 2.45) is 0 Å². The minimum absolute atomic E-state index is 0.0417. The lowest BCUT2D eigenvalue weighted by Gasteiger charge is -2.20. The zero-order valence-corrected chi connectivity index (χ0v) is 19.9. The third-order valence-electron chi connectivity index (χ3n) is 6.19. The van der Waals surface area contributed by atoms with Gasteiger partial charge in [0.25, 0.3) is 0 Å². The molecule has 2 aliphatic heterocycles. The van der Waals surface area contributed by atoms with Crippen LogP contribution in [0.5, 0.6) is 0 Å². The topological polar surface area (TPSA) is 100 Å². The van der Waals surface area contributed by atoms with Gasteiger partial charge in [0.05, 0.1) is 17.4 Å². The molecule has 2 aromatic rings. The highest BCUT2D eigenvalue weighted by Crippen LogP contribution is 2.34. The van der Waals surface area contributed by atoms with Crippen LogP contribution in [0.4, 0.5) is 30.6 Å². The number of alkyl halides is 3. The standard InChI is InChI=1S/C22H31F3N8O2/c1-15-18(13-33(30-15)16-5-9-31(2)12-16)28-21-27-11-17(22(23,24)25)20(29-21)26-6-3-7-32-8-4-10-35-14-19(32)34/h11,13,16H,3-10,12,14H2,1-2H3,(H2,26,27,28,29). The normalized spacial score (nSPS) is 19.7. The van der Waals surface area contributed by atoms with Crippen molar-refractivity contribution < 1.29 is 22.7 Å². The van der Waals surface area contributed by atoms with Gasteiger partial charge in [-0.05, 0) is 39.8 Å². The molecule has 4 heterocycles. The van der Waals surface area contributed by atoms with E-state index in [1.54, 1.807) is 4.90 Å². The Hall–Kier alpha value is -2.93. The van der Waals surface area contributed by atoms with Gasteiger partial charge < -0.3 is 25.2 Å². The van der Waals surface area contributed by atoms with Crippen molar-refractivity contribution in [3.05, 3.63) is 23.7 Å². The molecule has 1 amide bonds. The summed E-state index contributed by atoms with van der Waals surface area (Å²) in [5.41, 5.74) is 0.416. The van der Waals surface area contributed by atoms with E-state index in [-0.39, 0.29) is 36.9 Å². The Morgan fingerprint density at radius 1 is 1.29 bits per heavy atom. The number of amides is 1. The lowest BCUT2D eigenvalue weighted by atomic mass is 10.3. The first-order chi connectivity index (χ1) is 16.7. The molecule has 2 aliphatic rings. The van der Waals surface area contributed by atoms with E-state index in [2.05, 4.69) is 37.6 Å². The molecule has 35 heavy (non-hydrogen) atoms. The summed E-state index contributed by atoms with van der Waals surface area (Å²) in [6, 6.07) is 0.252. The van der Waals surface area contributed by atoms with Gasteiger partial charge in [-0.15, -0.1) is 0 Å². The number of likely N-dealkylation sites (tertiary alicyclic amines) is 1. The van der Waals surface area contributed by atoms with Crippen molar-refractivity contribution >= 4 is 23.4 Å². The SMILES string of the molecule is Cc1nn(C2CCN(C)C2)cc1Nc1ncc(C(F)(F)F)c(NCCCN2CCCOCC2=O)n1. The quantitative estimate of drug-likeness (QED) is 0.538. The average molecular weight is 497 g/mol. The Labute approximate surface area is 201 Å². The molecule has 0 aromatic carbocycles. The summed E-state index contributed by atoms with van der Waals surface area (Å²) in [5.74, 6) is -0.360. The maximum absolute atomic E-state index is 13.6. The molecule has 0 bridgehead atoms. The van der Waals surface area contributed by atoms with Crippen LogP contribution in [0.3, 0.4) is 0 Å². The van der Waals surface area contributed by atoms with Gasteiger partial charge in [0.15, 0.2) is 0 Å². The predicted octanol–water partition coefficient (Wildman–Crippen LogP) is 2.67. The van der Waals surface area contributed by atoms with E-state index < -0.39 is 11.7 Å². The van der Waals surface area contributed by atoms with E-state index in [4.69, 9.17) is 4.74 Å². The summed E-state index contributed by atoms with van der Waals surface area (Å²) in [4.78, 5) is 23.9. The molecule has 4 rings (SSSR count). The number of likely N-dealkylation sites (N-methyl/N-ethyl adjacent to an activating group) is 1. The van der Waals surface area contributed by atoms with Crippen LogP contribution < -0.4 is 10.6 Å². The molecule has 2 aromatic heterocycles. The lowest BCUT2D eigenvalue weighted by molar-refractivity contribution is -0.137. The number of hydrogen-bond acceptors (Lipinski definition) is 8. The highest BCUT2D eigenvalue weighted by molar-refractivity contribution is 5.77. The number of nitrogens with zero attached hydrogens (tertiary/aromatic N) is 6. The summed E-state index contributed by atoms with van der Waals surface area (Å²) in [6.45, 7) is 5.51. The fourth-order valence-corrected chi connectivity index (χ4v) is 4.27. The second-order valence-corrected chi connectivity index (χ2v) is 8.96. The molecule has 0 spiro atoms. The Morgan fingerprint density at radius 3 is 2.86 bits per heavy atom. The van der Waals surface area contributed by atoms with Crippen molar-refractivity contribution in [1.29, 1.82) is 0 Å². The predicted molar refractivity (Wildman–Crippen MR) is 124 cm³/mol. The van der Waals surface area contributed by atoms with Crippen molar-refractivity contribution in [2.45, 2.75) is 38.4 Å². The summed E-state index contributed by atoms with van der Waals surface area (Å²) in [6.07, 6.45) is 0.212. The molecule has 1 unspecified atom stereocenters. The molecule has 2 saturated heterocycles. The zero-order chi connectivity index (χ0) is 25.0. The third-order valence-corrected chi connectivity index (χ3v) is 6.19. The third kappa shape index (κ3) is 6.40. The first-order valence-corrected chi connectivity index (χ1v) is 11.8. The van der Waals surface area contributed by atoms with Gasteiger partial charge in [0.2, 0.25) is 11.9 Å². The molecule has 2 fully saturated rings. The number of nitrogens with one attached hydrogen (secondary N) is 2. The number of halogens is 3. The Kier molecular flexibility index (Phi) is 7.75. The minimum Gasteiger partial charge on any atom is -0.372 e. The van der Waals surface area contributed by atoms with Gasteiger partial charge in [-0.25, -0.2) is 4.98 Å². The molecule has 13 heteroatoms. The van der Waals surface area contributed by atoms with Crippen LogP contribution in [0.15, 0.2) is 12.4 Å². The molecular weight excluding hydrogens is 465 g/mol. The minimum atomic E-state index is -4.60. The van der Waals surface area contributed by atoms with E-state index in [1.807, 2.05) is 17.8 Å². The number of aryl methyl sites for hydroxylation is 1. The molecule has 1 atom stereocenters. The summed E-state index contributed by atoms with van der Waals surface area (Å²) in [5, 5.41) is 10.3. The van der Waals surface area contributed by atoms with Gasteiger partial charge in [-0.3, -0.25) is 9.48 Å². The van der Waals surface area contributed by atoms with E-state index in [0.717, 1.165) is 32.1 Å². The fourth-order valence-electron chi connectivity index (χ4n) is 4.27. The van der Waals surface area contributed by atoms with Crippen molar-refractivity contribution in [1.82, 2.24) is 29.5 Å². The fraction of sp³-hybridized carbons (Fsp3) is 0.636. The Bertz CT molecular complexity index is 1030. The number of carbonyl (C=O) groups excluding carboxylic acids is 1. The molecule has 0 radical (unpaired) electrons.